The number of anilines is 2. The van der Waals surface area contributed by atoms with Crippen LogP contribution in [-0.2, 0) is 4.79 Å². The van der Waals surface area contributed by atoms with Crippen molar-refractivity contribution >= 4 is 17.5 Å². The maximum Gasteiger partial charge on any atom is 0.248 e. The molecule has 2 rings (SSSR count). The van der Waals surface area contributed by atoms with Gasteiger partial charge in [-0.25, -0.2) is 18.7 Å². The summed E-state index contributed by atoms with van der Waals surface area (Å²) in [6, 6.07) is -0.816. The number of nitrogen functional groups attached to an aromatic ring is 1. The third-order valence-electron chi connectivity index (χ3n) is 3.51. The molecule has 8 heteroatoms. The van der Waals surface area contributed by atoms with Crippen molar-refractivity contribution in [2.75, 3.05) is 11.1 Å². The van der Waals surface area contributed by atoms with Gasteiger partial charge >= 0.3 is 0 Å². The Kier molecular flexibility index (Phi) is 4.12. The third-order valence-corrected chi connectivity index (χ3v) is 3.51. The molecule has 1 aliphatic rings. The molecular formula is C12H17F2N5O. The lowest BCUT2D eigenvalue weighted by atomic mass is 9.82. The lowest BCUT2D eigenvalue weighted by Crippen LogP contribution is -2.44. The van der Waals surface area contributed by atoms with Crippen molar-refractivity contribution < 1.29 is 13.6 Å². The van der Waals surface area contributed by atoms with Crippen LogP contribution in [0.4, 0.5) is 20.4 Å². The Hall–Kier alpha value is -1.83. The molecule has 0 aromatic carbocycles. The number of nitrogens with one attached hydrogen (secondary N) is 1. The zero-order valence-corrected chi connectivity index (χ0v) is 10.9. The number of hydrogen-bond donors (Lipinski definition) is 3. The molecule has 20 heavy (non-hydrogen) atoms. The van der Waals surface area contributed by atoms with Crippen LogP contribution in [0, 0.1) is 5.92 Å². The number of carbonyl (C=O) groups excluding carboxylic acids is 1. The lowest BCUT2D eigenvalue weighted by molar-refractivity contribution is -0.120. The van der Waals surface area contributed by atoms with E-state index in [1.165, 1.54) is 12.4 Å². The predicted octanol–water partition coefficient (Wildman–Crippen LogP) is 1.15. The summed E-state index contributed by atoms with van der Waals surface area (Å²) in [7, 11) is 0. The van der Waals surface area contributed by atoms with Crippen molar-refractivity contribution in [3.05, 3.63) is 12.4 Å². The van der Waals surface area contributed by atoms with Gasteiger partial charge in [0.15, 0.2) is 0 Å². The molecule has 0 spiro atoms. The van der Waals surface area contributed by atoms with Gasteiger partial charge in [-0.05, 0) is 18.8 Å². The summed E-state index contributed by atoms with van der Waals surface area (Å²) in [5, 5.41) is 2.55. The van der Waals surface area contributed by atoms with Crippen LogP contribution in [0.25, 0.3) is 0 Å². The first-order valence-electron chi connectivity index (χ1n) is 6.39. The zero-order chi connectivity index (χ0) is 14.8. The van der Waals surface area contributed by atoms with Gasteiger partial charge in [-0.15, -0.1) is 0 Å². The molecule has 0 bridgehead atoms. The molecule has 110 valence electrons. The third kappa shape index (κ3) is 3.60. The van der Waals surface area contributed by atoms with Gasteiger partial charge in [-0.2, -0.15) is 0 Å². The second kappa shape index (κ2) is 5.66. The lowest BCUT2D eigenvalue weighted by Gasteiger charge is -2.31. The van der Waals surface area contributed by atoms with E-state index >= 15 is 0 Å². The average molecular weight is 285 g/mol. The summed E-state index contributed by atoms with van der Waals surface area (Å²) in [6.45, 7) is 0. The Morgan fingerprint density at radius 3 is 2.45 bits per heavy atom. The number of hydrogen-bond acceptors (Lipinski definition) is 5. The summed E-state index contributed by atoms with van der Waals surface area (Å²) in [5.41, 5.74) is 11.5. The van der Waals surface area contributed by atoms with Crippen molar-refractivity contribution in [1.82, 2.24) is 9.97 Å². The molecule has 1 aliphatic carbocycles. The van der Waals surface area contributed by atoms with Gasteiger partial charge in [0.1, 0.15) is 0 Å². The fraction of sp³-hybridized carbons (Fsp3) is 0.583. The van der Waals surface area contributed by atoms with Gasteiger partial charge in [0.25, 0.3) is 0 Å². The second-order valence-corrected chi connectivity index (χ2v) is 5.04. The number of amides is 1. The molecule has 6 nitrogen and oxygen atoms in total. The van der Waals surface area contributed by atoms with E-state index in [-0.39, 0.29) is 37.5 Å². The largest absolute Gasteiger partial charge is 0.368 e. The van der Waals surface area contributed by atoms with Gasteiger partial charge in [0.05, 0.1) is 24.1 Å². The van der Waals surface area contributed by atoms with Crippen LogP contribution in [0.3, 0.4) is 0 Å². The van der Waals surface area contributed by atoms with Crippen LogP contribution < -0.4 is 16.8 Å². The van der Waals surface area contributed by atoms with E-state index in [1.807, 2.05) is 0 Å². The number of alkyl halides is 2. The number of nitrogens with zero attached hydrogens (tertiary/aromatic N) is 2. The first-order valence-corrected chi connectivity index (χ1v) is 6.39. The Bertz CT molecular complexity index is 469. The van der Waals surface area contributed by atoms with Gasteiger partial charge < -0.3 is 16.8 Å². The summed E-state index contributed by atoms with van der Waals surface area (Å²) in [4.78, 5) is 19.4. The van der Waals surface area contributed by atoms with E-state index in [1.54, 1.807) is 0 Å². The van der Waals surface area contributed by atoms with Crippen molar-refractivity contribution in [1.29, 1.82) is 0 Å². The average Bonchev–Trinajstić information content (AvgIpc) is 2.40. The molecule has 0 aliphatic heterocycles. The van der Waals surface area contributed by atoms with Crippen molar-refractivity contribution in [2.24, 2.45) is 11.7 Å². The number of nitrogens with two attached hydrogens (primary N) is 2. The minimum atomic E-state index is -2.63. The predicted molar refractivity (Wildman–Crippen MR) is 70.0 cm³/mol. The molecule has 1 fully saturated rings. The van der Waals surface area contributed by atoms with Crippen LogP contribution in [0.1, 0.15) is 25.7 Å². The van der Waals surface area contributed by atoms with Crippen LogP contribution in [0.5, 0.6) is 0 Å². The quantitative estimate of drug-likeness (QED) is 0.772. The molecule has 0 saturated heterocycles. The van der Waals surface area contributed by atoms with Crippen LogP contribution in [-0.4, -0.2) is 27.8 Å². The summed E-state index contributed by atoms with van der Waals surface area (Å²) in [6.07, 6.45) is 2.79. The number of aromatic nitrogens is 2. The maximum absolute atomic E-state index is 13.1. The Labute approximate surface area is 115 Å². The SMILES string of the molecule is Nc1ncc(NC(=O)C(N)C2CCC(F)(F)CC2)cn1. The molecule has 1 unspecified atom stereocenters. The van der Waals surface area contributed by atoms with E-state index in [0.717, 1.165) is 0 Å². The monoisotopic (exact) mass is 285 g/mol. The molecule has 1 heterocycles. The summed E-state index contributed by atoms with van der Waals surface area (Å²) >= 11 is 0. The number of halogens is 2. The maximum atomic E-state index is 13.1. The van der Waals surface area contributed by atoms with E-state index in [2.05, 4.69) is 15.3 Å². The first kappa shape index (κ1) is 14.6. The minimum absolute atomic E-state index is 0.0989. The standard InChI is InChI=1S/C12H17F2N5O/c13-12(14)3-1-7(2-4-12)9(15)10(20)19-8-5-17-11(16)18-6-8/h5-7,9H,1-4,15H2,(H,19,20)(H2,16,17,18). The van der Waals surface area contributed by atoms with Gasteiger partial charge in [0, 0.05) is 12.8 Å². The minimum Gasteiger partial charge on any atom is -0.368 e. The molecule has 1 aromatic heterocycles. The second-order valence-electron chi connectivity index (χ2n) is 5.04. The highest BCUT2D eigenvalue weighted by Gasteiger charge is 2.38. The Morgan fingerprint density at radius 1 is 1.35 bits per heavy atom. The van der Waals surface area contributed by atoms with Crippen LogP contribution >= 0.6 is 0 Å². The molecular weight excluding hydrogens is 268 g/mol. The Morgan fingerprint density at radius 2 is 1.90 bits per heavy atom. The Balaban J connectivity index is 1.90. The summed E-state index contributed by atoms with van der Waals surface area (Å²) < 4.78 is 26.1. The molecule has 1 saturated carbocycles. The fourth-order valence-corrected chi connectivity index (χ4v) is 2.26. The highest BCUT2D eigenvalue weighted by molar-refractivity contribution is 5.94. The van der Waals surface area contributed by atoms with E-state index in [4.69, 9.17) is 11.5 Å². The van der Waals surface area contributed by atoms with Crippen molar-refractivity contribution in [2.45, 2.75) is 37.6 Å². The van der Waals surface area contributed by atoms with Gasteiger partial charge in [-0.1, -0.05) is 0 Å². The topological polar surface area (TPSA) is 107 Å². The number of rotatable bonds is 3. The molecule has 1 atom stereocenters. The fourth-order valence-electron chi connectivity index (χ4n) is 2.26. The van der Waals surface area contributed by atoms with E-state index < -0.39 is 17.9 Å². The van der Waals surface area contributed by atoms with E-state index in [0.29, 0.717) is 5.69 Å². The normalized spacial score (nSPS) is 20.4. The number of carbonyl (C=O) groups is 1. The zero-order valence-electron chi connectivity index (χ0n) is 10.9. The molecule has 0 radical (unpaired) electrons. The van der Waals surface area contributed by atoms with E-state index in [9.17, 15) is 13.6 Å². The van der Waals surface area contributed by atoms with Crippen molar-refractivity contribution in [3.63, 3.8) is 0 Å². The van der Waals surface area contributed by atoms with Crippen molar-refractivity contribution in [3.8, 4) is 0 Å². The smallest absolute Gasteiger partial charge is 0.248 e. The highest BCUT2D eigenvalue weighted by atomic mass is 19.3. The first-order chi connectivity index (χ1) is 9.37. The van der Waals surface area contributed by atoms with Gasteiger partial charge in [-0.3, -0.25) is 4.79 Å². The molecule has 1 amide bonds. The highest BCUT2D eigenvalue weighted by Crippen LogP contribution is 2.37. The summed E-state index contributed by atoms with van der Waals surface area (Å²) in [5.74, 6) is -3.18. The van der Waals surface area contributed by atoms with Gasteiger partial charge in [0.2, 0.25) is 17.8 Å². The molecule has 1 aromatic rings. The van der Waals surface area contributed by atoms with Crippen LogP contribution in [0.15, 0.2) is 12.4 Å². The molecule has 5 N–H and O–H groups in total. The van der Waals surface area contributed by atoms with Crippen LogP contribution in [0.2, 0.25) is 0 Å².